The lowest BCUT2D eigenvalue weighted by Crippen LogP contribution is -1.97. The van der Waals surface area contributed by atoms with Crippen LogP contribution in [0.5, 0.6) is 0 Å². The van der Waals surface area contributed by atoms with Gasteiger partial charge in [-0.3, -0.25) is 0 Å². The Morgan fingerprint density at radius 3 is 1.40 bits per heavy atom. The molecule has 0 heterocycles. The first-order valence-electron chi connectivity index (χ1n) is 8.84. The van der Waals surface area contributed by atoms with Crippen molar-refractivity contribution in [1.29, 1.82) is 0 Å². The van der Waals surface area contributed by atoms with Crippen molar-refractivity contribution in [3.8, 4) is 0 Å². The predicted octanol–water partition coefficient (Wildman–Crippen LogP) is 6.54. The standard InChI is InChI=1S/C18H36ClO/c1-2-3-4-5-6-7-8-9-10-11-12-13-14-17-20-18-15-16-19/h1-18H2. The summed E-state index contributed by atoms with van der Waals surface area (Å²) in [7, 11) is 0. The van der Waals surface area contributed by atoms with E-state index in [9.17, 15) is 0 Å². The molecule has 20 heavy (non-hydrogen) atoms. The van der Waals surface area contributed by atoms with Crippen molar-refractivity contribution in [2.75, 3.05) is 19.1 Å². The first-order chi connectivity index (χ1) is 9.91. The third kappa shape index (κ3) is 18.2. The summed E-state index contributed by atoms with van der Waals surface area (Å²) in [6.45, 7) is 5.63. The van der Waals surface area contributed by atoms with Crippen molar-refractivity contribution >= 4 is 11.6 Å². The van der Waals surface area contributed by atoms with Crippen LogP contribution in [0.25, 0.3) is 0 Å². The Kier molecular flexibility index (Phi) is 19.5. The Hall–Kier alpha value is 0.250. The summed E-state index contributed by atoms with van der Waals surface area (Å²) in [5, 5.41) is 0. The van der Waals surface area contributed by atoms with Crippen molar-refractivity contribution < 1.29 is 4.74 Å². The molecule has 0 atom stereocenters. The van der Waals surface area contributed by atoms with Gasteiger partial charge in [0.1, 0.15) is 0 Å². The van der Waals surface area contributed by atoms with E-state index in [4.69, 9.17) is 16.3 Å². The smallest absolute Gasteiger partial charge is 0.0477 e. The van der Waals surface area contributed by atoms with Gasteiger partial charge in [0.25, 0.3) is 0 Å². The number of hydrogen-bond acceptors (Lipinski definition) is 1. The van der Waals surface area contributed by atoms with Crippen molar-refractivity contribution in [3.63, 3.8) is 0 Å². The molecule has 0 saturated heterocycles. The Morgan fingerprint density at radius 2 is 0.950 bits per heavy atom. The maximum absolute atomic E-state index is 5.58. The maximum Gasteiger partial charge on any atom is 0.0477 e. The molecule has 0 saturated carbocycles. The highest BCUT2D eigenvalue weighted by molar-refractivity contribution is 6.17. The SMILES string of the molecule is [CH2]CCCCCCCCCCCCCCOCCCCl. The van der Waals surface area contributed by atoms with Crippen LogP contribution in [-0.4, -0.2) is 19.1 Å². The van der Waals surface area contributed by atoms with Crippen LogP contribution in [0.1, 0.15) is 89.9 Å². The van der Waals surface area contributed by atoms with Crippen LogP contribution in [0.3, 0.4) is 0 Å². The van der Waals surface area contributed by atoms with Crippen LogP contribution >= 0.6 is 11.6 Å². The van der Waals surface area contributed by atoms with Crippen LogP contribution in [-0.2, 0) is 4.74 Å². The molecule has 0 aliphatic heterocycles. The second-order valence-electron chi connectivity index (χ2n) is 5.75. The first kappa shape index (κ1) is 20.2. The predicted molar refractivity (Wildman–Crippen MR) is 91.5 cm³/mol. The normalized spacial score (nSPS) is 11.1. The lowest BCUT2D eigenvalue weighted by atomic mass is 10.0. The Morgan fingerprint density at radius 1 is 0.550 bits per heavy atom. The van der Waals surface area contributed by atoms with Gasteiger partial charge in [0, 0.05) is 19.1 Å². The van der Waals surface area contributed by atoms with Crippen LogP contribution < -0.4 is 0 Å². The third-order valence-corrected chi connectivity index (χ3v) is 3.98. The number of unbranched alkanes of at least 4 members (excludes halogenated alkanes) is 12. The van der Waals surface area contributed by atoms with E-state index in [0.29, 0.717) is 0 Å². The Bertz CT molecular complexity index is 143. The summed E-state index contributed by atoms with van der Waals surface area (Å²) in [4.78, 5) is 0. The number of ether oxygens (including phenoxy) is 1. The van der Waals surface area contributed by atoms with E-state index >= 15 is 0 Å². The van der Waals surface area contributed by atoms with Gasteiger partial charge in [-0.15, -0.1) is 11.6 Å². The van der Waals surface area contributed by atoms with Crippen LogP contribution in [0, 0.1) is 6.92 Å². The molecule has 0 aromatic carbocycles. The fourth-order valence-electron chi connectivity index (χ4n) is 2.41. The molecule has 0 aliphatic carbocycles. The minimum atomic E-state index is 0.718. The molecular formula is C18H36ClO. The molecule has 0 aromatic heterocycles. The van der Waals surface area contributed by atoms with Crippen LogP contribution in [0.15, 0.2) is 0 Å². The number of rotatable bonds is 17. The molecule has 0 aromatic rings. The summed E-state index contributed by atoms with van der Waals surface area (Å²) >= 11 is 5.58. The molecule has 0 unspecified atom stereocenters. The molecule has 1 nitrogen and oxygen atoms in total. The van der Waals surface area contributed by atoms with Crippen molar-refractivity contribution in [2.24, 2.45) is 0 Å². The molecule has 0 rings (SSSR count). The van der Waals surface area contributed by atoms with E-state index in [-0.39, 0.29) is 0 Å². The van der Waals surface area contributed by atoms with Crippen molar-refractivity contribution in [2.45, 2.75) is 89.9 Å². The monoisotopic (exact) mass is 303 g/mol. The quantitative estimate of drug-likeness (QED) is 0.219. The molecule has 1 radical (unpaired) electrons. The summed E-state index contributed by atoms with van der Waals surface area (Å²) in [6.07, 6.45) is 18.7. The Balaban J connectivity index is 2.89. The molecule has 121 valence electrons. The zero-order valence-corrected chi connectivity index (χ0v) is 14.3. The van der Waals surface area contributed by atoms with E-state index in [1.54, 1.807) is 0 Å². The van der Waals surface area contributed by atoms with Gasteiger partial charge < -0.3 is 4.74 Å². The highest BCUT2D eigenvalue weighted by Crippen LogP contribution is 2.12. The number of hydrogen-bond donors (Lipinski definition) is 0. The number of halogens is 1. The summed E-state index contributed by atoms with van der Waals surface area (Å²) < 4.78 is 5.49. The zero-order valence-electron chi connectivity index (χ0n) is 13.5. The average Bonchev–Trinajstić information content (AvgIpc) is 2.47. The van der Waals surface area contributed by atoms with E-state index in [2.05, 4.69) is 6.92 Å². The number of alkyl halides is 1. The molecule has 0 N–H and O–H groups in total. The van der Waals surface area contributed by atoms with E-state index in [0.717, 1.165) is 31.9 Å². The largest absolute Gasteiger partial charge is 0.381 e. The average molecular weight is 304 g/mol. The van der Waals surface area contributed by atoms with E-state index in [1.807, 2.05) is 0 Å². The minimum absolute atomic E-state index is 0.718. The lowest BCUT2D eigenvalue weighted by molar-refractivity contribution is 0.131. The van der Waals surface area contributed by atoms with Gasteiger partial charge in [0.2, 0.25) is 0 Å². The molecule has 2 heteroatoms. The van der Waals surface area contributed by atoms with Gasteiger partial charge in [-0.25, -0.2) is 0 Å². The second-order valence-corrected chi connectivity index (χ2v) is 6.13. The highest BCUT2D eigenvalue weighted by atomic mass is 35.5. The molecule has 0 spiro atoms. The Labute approximate surface area is 132 Å². The lowest BCUT2D eigenvalue weighted by Gasteiger charge is -2.04. The van der Waals surface area contributed by atoms with Gasteiger partial charge >= 0.3 is 0 Å². The van der Waals surface area contributed by atoms with E-state index < -0.39 is 0 Å². The van der Waals surface area contributed by atoms with Crippen LogP contribution in [0.4, 0.5) is 0 Å². The first-order valence-corrected chi connectivity index (χ1v) is 9.38. The van der Waals surface area contributed by atoms with Gasteiger partial charge in [0.05, 0.1) is 0 Å². The molecule has 0 fully saturated rings. The van der Waals surface area contributed by atoms with Gasteiger partial charge in [-0.05, 0) is 12.8 Å². The summed E-state index contributed by atoms with van der Waals surface area (Å²) in [5.74, 6) is 0.718. The maximum atomic E-state index is 5.58. The fourth-order valence-corrected chi connectivity index (χ4v) is 2.52. The van der Waals surface area contributed by atoms with Gasteiger partial charge in [0.15, 0.2) is 0 Å². The van der Waals surface area contributed by atoms with Crippen molar-refractivity contribution in [3.05, 3.63) is 6.92 Å². The van der Waals surface area contributed by atoms with E-state index in [1.165, 1.54) is 77.0 Å². The zero-order chi connectivity index (χ0) is 14.7. The molecular weight excluding hydrogens is 268 g/mol. The third-order valence-electron chi connectivity index (χ3n) is 3.71. The van der Waals surface area contributed by atoms with Gasteiger partial charge in [-0.2, -0.15) is 0 Å². The minimum Gasteiger partial charge on any atom is -0.381 e. The van der Waals surface area contributed by atoms with Crippen LogP contribution in [0.2, 0.25) is 0 Å². The fraction of sp³-hybridized carbons (Fsp3) is 0.944. The molecule has 0 aliphatic rings. The topological polar surface area (TPSA) is 9.23 Å². The second kappa shape index (κ2) is 19.2. The summed E-state index contributed by atoms with van der Waals surface area (Å²) in [5.41, 5.74) is 0. The summed E-state index contributed by atoms with van der Waals surface area (Å²) in [6, 6.07) is 0. The van der Waals surface area contributed by atoms with Crippen molar-refractivity contribution in [1.82, 2.24) is 0 Å². The van der Waals surface area contributed by atoms with Gasteiger partial charge in [-0.1, -0.05) is 84.0 Å². The molecule has 0 bridgehead atoms. The highest BCUT2D eigenvalue weighted by Gasteiger charge is 1.94. The molecule has 0 amide bonds.